The first kappa shape index (κ1) is 24.3. The van der Waals surface area contributed by atoms with Gasteiger partial charge in [-0.1, -0.05) is 31.9 Å². The molecule has 1 unspecified atom stereocenters. The molecule has 1 aliphatic heterocycles. The number of benzene rings is 2. The quantitative estimate of drug-likeness (QED) is 0.236. The number of ketones is 1. The van der Waals surface area contributed by atoms with Crippen LogP contribution >= 0.6 is 0 Å². The summed E-state index contributed by atoms with van der Waals surface area (Å²) in [5.74, 6) is -0.336. The topological polar surface area (TPSA) is 85.3 Å². The van der Waals surface area contributed by atoms with E-state index in [2.05, 4.69) is 6.92 Å². The van der Waals surface area contributed by atoms with Crippen molar-refractivity contribution < 1.29 is 28.9 Å². The molecule has 1 amide bonds. The van der Waals surface area contributed by atoms with Crippen molar-refractivity contribution in [2.45, 2.75) is 32.2 Å². The van der Waals surface area contributed by atoms with Crippen LogP contribution in [0.5, 0.6) is 11.5 Å². The summed E-state index contributed by atoms with van der Waals surface area (Å²) < 4.78 is 16.2. The highest BCUT2D eigenvalue weighted by Gasteiger charge is 2.46. The van der Waals surface area contributed by atoms with E-state index in [9.17, 15) is 14.7 Å². The van der Waals surface area contributed by atoms with Gasteiger partial charge in [0.25, 0.3) is 11.7 Å². The van der Waals surface area contributed by atoms with E-state index in [0.29, 0.717) is 29.2 Å². The number of aliphatic hydroxyl groups is 1. The van der Waals surface area contributed by atoms with E-state index in [4.69, 9.17) is 14.2 Å². The average molecular weight is 454 g/mol. The van der Waals surface area contributed by atoms with Crippen LogP contribution < -0.4 is 9.47 Å². The van der Waals surface area contributed by atoms with E-state index in [-0.39, 0.29) is 24.5 Å². The van der Waals surface area contributed by atoms with Crippen LogP contribution in [0, 0.1) is 0 Å². The molecule has 3 rings (SSSR count). The Bertz CT molecular complexity index is 998. The van der Waals surface area contributed by atoms with Crippen LogP contribution in [0.2, 0.25) is 0 Å². The van der Waals surface area contributed by atoms with E-state index >= 15 is 0 Å². The summed E-state index contributed by atoms with van der Waals surface area (Å²) in [5, 5.41) is 11.1. The van der Waals surface area contributed by atoms with Crippen molar-refractivity contribution in [3.05, 3.63) is 65.2 Å². The van der Waals surface area contributed by atoms with Crippen molar-refractivity contribution in [3.8, 4) is 11.5 Å². The molecule has 2 aromatic carbocycles. The smallest absolute Gasteiger partial charge is 0.295 e. The van der Waals surface area contributed by atoms with Gasteiger partial charge in [-0.05, 0) is 48.4 Å². The molecule has 33 heavy (non-hydrogen) atoms. The third-order valence-electron chi connectivity index (χ3n) is 5.63. The highest BCUT2D eigenvalue weighted by Crippen LogP contribution is 2.40. The van der Waals surface area contributed by atoms with Crippen LogP contribution in [-0.2, 0) is 14.3 Å². The highest BCUT2D eigenvalue weighted by molar-refractivity contribution is 6.46. The van der Waals surface area contributed by atoms with E-state index in [1.54, 1.807) is 31.4 Å². The highest BCUT2D eigenvalue weighted by atomic mass is 16.5. The van der Waals surface area contributed by atoms with Gasteiger partial charge in [0.1, 0.15) is 17.3 Å². The molecule has 0 radical (unpaired) electrons. The Hall–Kier alpha value is -3.32. The predicted octanol–water partition coefficient (Wildman–Crippen LogP) is 4.33. The first-order valence-corrected chi connectivity index (χ1v) is 11.2. The van der Waals surface area contributed by atoms with Gasteiger partial charge in [0, 0.05) is 19.2 Å². The van der Waals surface area contributed by atoms with Crippen molar-refractivity contribution in [1.82, 2.24) is 4.90 Å². The van der Waals surface area contributed by atoms with E-state index in [0.717, 1.165) is 19.3 Å². The number of carbonyl (C=O) groups is 2. The third kappa shape index (κ3) is 5.54. The van der Waals surface area contributed by atoms with Gasteiger partial charge in [-0.3, -0.25) is 9.59 Å². The molecule has 1 fully saturated rings. The first-order chi connectivity index (χ1) is 16.0. The maximum Gasteiger partial charge on any atom is 0.295 e. The second-order valence-corrected chi connectivity index (χ2v) is 7.84. The minimum Gasteiger partial charge on any atom is -0.507 e. The van der Waals surface area contributed by atoms with Crippen LogP contribution in [0.15, 0.2) is 54.1 Å². The van der Waals surface area contributed by atoms with Crippen molar-refractivity contribution >= 4 is 17.4 Å². The number of amides is 1. The molecule has 1 N–H and O–H groups in total. The molecule has 176 valence electrons. The molecule has 7 heteroatoms. The van der Waals surface area contributed by atoms with E-state index < -0.39 is 17.7 Å². The Balaban J connectivity index is 2.02. The van der Waals surface area contributed by atoms with E-state index in [1.807, 2.05) is 24.3 Å². The maximum absolute atomic E-state index is 13.0. The number of unbranched alkanes of at least 4 members (excludes halogenated alkanes) is 2. The number of ether oxygens (including phenoxy) is 3. The summed E-state index contributed by atoms with van der Waals surface area (Å²) in [6.07, 6.45) is 3.13. The molecular formula is C26H31NO6. The maximum atomic E-state index is 13.0. The lowest BCUT2D eigenvalue weighted by atomic mass is 9.95. The normalized spacial score (nSPS) is 17.4. The first-order valence-electron chi connectivity index (χ1n) is 11.2. The molecule has 1 aliphatic rings. The number of hydrogen-bond donors (Lipinski definition) is 1. The number of aliphatic hydroxyl groups excluding tert-OH is 1. The fraction of sp³-hybridized carbons (Fsp3) is 0.385. The van der Waals surface area contributed by atoms with Crippen LogP contribution in [0.1, 0.15) is 43.4 Å². The van der Waals surface area contributed by atoms with Crippen molar-refractivity contribution in [1.29, 1.82) is 0 Å². The monoisotopic (exact) mass is 453 g/mol. The Morgan fingerprint density at radius 2 is 1.76 bits per heavy atom. The molecular weight excluding hydrogens is 422 g/mol. The standard InChI is InChI=1S/C26H31NO6/c1-4-5-6-15-33-21-9-7-8-19(17-21)23-22(25(29)26(30)27(23)14-16-31-2)24(28)18-10-12-20(32-3)13-11-18/h7-13,17,23,28H,4-6,14-16H2,1-3H3. The average Bonchev–Trinajstić information content (AvgIpc) is 3.10. The molecule has 0 aliphatic carbocycles. The molecule has 0 aromatic heterocycles. The molecule has 0 spiro atoms. The number of methoxy groups -OCH3 is 2. The van der Waals surface area contributed by atoms with Gasteiger partial charge in [0.05, 0.1) is 31.9 Å². The lowest BCUT2D eigenvalue weighted by molar-refractivity contribution is -0.140. The summed E-state index contributed by atoms with van der Waals surface area (Å²) in [5.41, 5.74) is 1.16. The van der Waals surface area contributed by atoms with Crippen molar-refractivity contribution in [2.24, 2.45) is 0 Å². The molecule has 0 saturated carbocycles. The summed E-state index contributed by atoms with van der Waals surface area (Å²) in [7, 11) is 3.08. The number of carbonyl (C=O) groups excluding carboxylic acids is 2. The SMILES string of the molecule is CCCCCOc1cccc(C2C(=C(O)c3ccc(OC)cc3)C(=O)C(=O)N2CCOC)c1. The summed E-state index contributed by atoms with van der Waals surface area (Å²) >= 11 is 0. The van der Waals surface area contributed by atoms with Gasteiger partial charge >= 0.3 is 0 Å². The lowest BCUT2D eigenvalue weighted by Gasteiger charge is -2.25. The van der Waals surface area contributed by atoms with Crippen LogP contribution in [0.25, 0.3) is 5.76 Å². The Morgan fingerprint density at radius 3 is 2.42 bits per heavy atom. The van der Waals surface area contributed by atoms with Gasteiger partial charge in [-0.2, -0.15) is 0 Å². The molecule has 1 heterocycles. The minimum atomic E-state index is -0.749. The fourth-order valence-electron chi connectivity index (χ4n) is 3.87. The summed E-state index contributed by atoms with van der Waals surface area (Å²) in [6.45, 7) is 3.20. The molecule has 0 bridgehead atoms. The summed E-state index contributed by atoms with van der Waals surface area (Å²) in [6, 6.07) is 13.3. The number of hydrogen-bond acceptors (Lipinski definition) is 6. The second-order valence-electron chi connectivity index (χ2n) is 7.84. The fourth-order valence-corrected chi connectivity index (χ4v) is 3.87. The van der Waals surface area contributed by atoms with Gasteiger partial charge < -0.3 is 24.2 Å². The second kappa shape index (κ2) is 11.5. The van der Waals surface area contributed by atoms with Crippen LogP contribution in [0.3, 0.4) is 0 Å². The number of Topliss-reactive ketones (excluding diaryl/α,β-unsaturated/α-hetero) is 1. The van der Waals surface area contributed by atoms with Gasteiger partial charge in [0.15, 0.2) is 0 Å². The van der Waals surface area contributed by atoms with Crippen LogP contribution in [0.4, 0.5) is 0 Å². The van der Waals surface area contributed by atoms with Gasteiger partial charge in [0.2, 0.25) is 0 Å². The minimum absolute atomic E-state index is 0.0457. The zero-order valence-corrected chi connectivity index (χ0v) is 19.4. The Morgan fingerprint density at radius 1 is 1.00 bits per heavy atom. The Kier molecular flexibility index (Phi) is 8.49. The number of likely N-dealkylation sites (tertiary alicyclic amines) is 1. The molecule has 1 saturated heterocycles. The van der Waals surface area contributed by atoms with Crippen molar-refractivity contribution in [3.63, 3.8) is 0 Å². The van der Waals surface area contributed by atoms with Crippen LogP contribution in [-0.4, -0.2) is 55.7 Å². The summed E-state index contributed by atoms with van der Waals surface area (Å²) in [4.78, 5) is 27.4. The zero-order valence-electron chi connectivity index (χ0n) is 19.4. The van der Waals surface area contributed by atoms with Gasteiger partial charge in [-0.15, -0.1) is 0 Å². The largest absolute Gasteiger partial charge is 0.507 e. The molecule has 7 nitrogen and oxygen atoms in total. The molecule has 2 aromatic rings. The third-order valence-corrected chi connectivity index (χ3v) is 5.63. The van der Waals surface area contributed by atoms with Gasteiger partial charge in [-0.25, -0.2) is 0 Å². The Labute approximate surface area is 194 Å². The molecule has 1 atom stereocenters. The lowest BCUT2D eigenvalue weighted by Crippen LogP contribution is -2.32. The predicted molar refractivity (Wildman–Crippen MR) is 125 cm³/mol. The van der Waals surface area contributed by atoms with Crippen molar-refractivity contribution in [2.75, 3.05) is 34.0 Å². The number of nitrogens with zero attached hydrogens (tertiary/aromatic N) is 1. The number of rotatable bonds is 11. The van der Waals surface area contributed by atoms with E-state index in [1.165, 1.54) is 12.0 Å². The zero-order chi connectivity index (χ0) is 23.8.